The molecule has 0 saturated carbocycles. The number of nitrogens with zero attached hydrogens (tertiary/aromatic N) is 1. The highest BCUT2D eigenvalue weighted by Crippen LogP contribution is 2.29. The van der Waals surface area contributed by atoms with Gasteiger partial charge in [-0.3, -0.25) is 0 Å². The van der Waals surface area contributed by atoms with Gasteiger partial charge in [-0.05, 0) is 30.9 Å². The molecule has 0 spiro atoms. The summed E-state index contributed by atoms with van der Waals surface area (Å²) in [6.45, 7) is 4.06. The second-order valence-electron chi connectivity index (χ2n) is 4.70. The number of fused-ring (bicyclic) bond motifs is 1. The molecule has 2 rings (SSSR count). The van der Waals surface area contributed by atoms with Crippen LogP contribution in [-0.2, 0) is 0 Å². The molecular formula is C16H20N2OS. The van der Waals surface area contributed by atoms with Crippen LogP contribution in [0.2, 0.25) is 0 Å². The Balaban J connectivity index is 2.54. The molecule has 0 radical (unpaired) electrons. The summed E-state index contributed by atoms with van der Waals surface area (Å²) >= 11 is 5.13. The Labute approximate surface area is 125 Å². The number of thiocarbonyl (C=S) groups is 1. The summed E-state index contributed by atoms with van der Waals surface area (Å²) in [6, 6.07) is 12.2. The van der Waals surface area contributed by atoms with Crippen LogP contribution in [0.5, 0.6) is 0 Å². The van der Waals surface area contributed by atoms with Gasteiger partial charge >= 0.3 is 0 Å². The van der Waals surface area contributed by atoms with Crippen LogP contribution >= 0.6 is 12.2 Å². The number of aliphatic hydroxyl groups excluding tert-OH is 1. The van der Waals surface area contributed by atoms with E-state index in [1.165, 1.54) is 0 Å². The molecule has 106 valence electrons. The van der Waals surface area contributed by atoms with Gasteiger partial charge in [0.1, 0.15) is 4.99 Å². The van der Waals surface area contributed by atoms with Crippen LogP contribution in [0.3, 0.4) is 0 Å². The topological polar surface area (TPSA) is 49.5 Å². The minimum absolute atomic E-state index is 0.208. The summed E-state index contributed by atoms with van der Waals surface area (Å²) in [7, 11) is 0. The average Bonchev–Trinajstić information content (AvgIpc) is 2.47. The monoisotopic (exact) mass is 288 g/mol. The van der Waals surface area contributed by atoms with Gasteiger partial charge < -0.3 is 15.7 Å². The molecule has 2 aromatic rings. The summed E-state index contributed by atoms with van der Waals surface area (Å²) in [5, 5.41) is 11.3. The molecule has 0 aliphatic heterocycles. The molecule has 0 heterocycles. The van der Waals surface area contributed by atoms with Crippen LogP contribution in [0.25, 0.3) is 10.8 Å². The fourth-order valence-corrected chi connectivity index (χ4v) is 2.66. The summed E-state index contributed by atoms with van der Waals surface area (Å²) in [6.07, 6.45) is 0.763. The highest BCUT2D eigenvalue weighted by molar-refractivity contribution is 7.80. The molecule has 2 aromatic carbocycles. The summed E-state index contributed by atoms with van der Waals surface area (Å²) in [4.78, 5) is 2.69. The van der Waals surface area contributed by atoms with Crippen molar-refractivity contribution < 1.29 is 5.11 Å². The molecular weight excluding hydrogens is 268 g/mol. The van der Waals surface area contributed by atoms with Crippen LogP contribution in [-0.4, -0.2) is 29.8 Å². The lowest BCUT2D eigenvalue weighted by atomic mass is 10.0. The Morgan fingerprint density at radius 3 is 2.50 bits per heavy atom. The Morgan fingerprint density at radius 2 is 1.90 bits per heavy atom. The molecule has 0 fully saturated rings. The predicted molar refractivity (Wildman–Crippen MR) is 89.4 cm³/mol. The largest absolute Gasteiger partial charge is 0.396 e. The molecule has 0 aliphatic carbocycles. The van der Waals surface area contributed by atoms with E-state index in [0.717, 1.165) is 41.5 Å². The van der Waals surface area contributed by atoms with Crippen LogP contribution in [0.1, 0.15) is 18.9 Å². The minimum Gasteiger partial charge on any atom is -0.396 e. The summed E-state index contributed by atoms with van der Waals surface area (Å²) in [5.41, 5.74) is 7.88. The van der Waals surface area contributed by atoms with Crippen LogP contribution < -0.4 is 10.6 Å². The van der Waals surface area contributed by atoms with E-state index >= 15 is 0 Å². The first kappa shape index (κ1) is 14.8. The smallest absolute Gasteiger partial charge is 0.104 e. The second-order valence-corrected chi connectivity index (χ2v) is 5.14. The number of hydrogen-bond acceptors (Lipinski definition) is 3. The predicted octanol–water partition coefficient (Wildman–Crippen LogP) is 2.68. The molecule has 3 nitrogen and oxygen atoms in total. The van der Waals surface area contributed by atoms with Crippen molar-refractivity contribution in [3.05, 3.63) is 42.0 Å². The van der Waals surface area contributed by atoms with E-state index in [0.29, 0.717) is 4.99 Å². The maximum Gasteiger partial charge on any atom is 0.104 e. The van der Waals surface area contributed by atoms with E-state index < -0.39 is 0 Å². The van der Waals surface area contributed by atoms with E-state index in [4.69, 9.17) is 23.1 Å². The maximum absolute atomic E-state index is 9.03. The summed E-state index contributed by atoms with van der Waals surface area (Å²) in [5.74, 6) is 0. The zero-order chi connectivity index (χ0) is 14.5. The van der Waals surface area contributed by atoms with E-state index in [2.05, 4.69) is 24.0 Å². The van der Waals surface area contributed by atoms with Gasteiger partial charge in [0.2, 0.25) is 0 Å². The third kappa shape index (κ3) is 2.92. The van der Waals surface area contributed by atoms with Gasteiger partial charge in [0, 0.05) is 36.3 Å². The number of rotatable bonds is 6. The van der Waals surface area contributed by atoms with E-state index in [1.807, 2.05) is 24.3 Å². The molecule has 0 atom stereocenters. The van der Waals surface area contributed by atoms with Crippen molar-refractivity contribution in [1.82, 2.24) is 0 Å². The molecule has 0 aliphatic rings. The van der Waals surface area contributed by atoms with Crippen molar-refractivity contribution in [3.8, 4) is 0 Å². The average molecular weight is 288 g/mol. The highest BCUT2D eigenvalue weighted by Gasteiger charge is 2.11. The van der Waals surface area contributed by atoms with E-state index in [9.17, 15) is 0 Å². The lowest BCUT2D eigenvalue weighted by Gasteiger charge is -2.25. The molecule has 4 heteroatoms. The van der Waals surface area contributed by atoms with Crippen LogP contribution in [0.4, 0.5) is 5.69 Å². The van der Waals surface area contributed by atoms with Gasteiger partial charge in [-0.15, -0.1) is 0 Å². The van der Waals surface area contributed by atoms with Crippen molar-refractivity contribution >= 4 is 33.7 Å². The molecule has 0 saturated heterocycles. The van der Waals surface area contributed by atoms with Crippen molar-refractivity contribution in [3.63, 3.8) is 0 Å². The lowest BCUT2D eigenvalue weighted by molar-refractivity contribution is 0.289. The quantitative estimate of drug-likeness (QED) is 0.802. The zero-order valence-corrected chi connectivity index (χ0v) is 12.5. The van der Waals surface area contributed by atoms with E-state index in [1.54, 1.807) is 0 Å². The first-order chi connectivity index (χ1) is 9.69. The second kappa shape index (κ2) is 6.68. The fourth-order valence-electron chi connectivity index (χ4n) is 2.48. The third-order valence-electron chi connectivity index (χ3n) is 3.48. The number of benzene rings is 2. The standard InChI is InChI=1S/C16H20N2OS/c1-2-18(10-5-11-19)15-9-8-14(16(17)20)12-6-3-4-7-13(12)15/h3-4,6-9,19H,2,5,10-11H2,1H3,(H2,17,20). The molecule has 0 bridgehead atoms. The normalized spacial score (nSPS) is 10.7. The number of nitrogens with two attached hydrogens (primary N) is 1. The minimum atomic E-state index is 0.208. The SMILES string of the molecule is CCN(CCCO)c1ccc(C(N)=S)c2ccccc12. The molecule has 0 amide bonds. The Morgan fingerprint density at radius 1 is 1.20 bits per heavy atom. The zero-order valence-electron chi connectivity index (χ0n) is 11.7. The van der Waals surface area contributed by atoms with E-state index in [-0.39, 0.29) is 6.61 Å². The van der Waals surface area contributed by atoms with Crippen molar-refractivity contribution in [1.29, 1.82) is 0 Å². The van der Waals surface area contributed by atoms with Crippen LogP contribution in [0, 0.1) is 0 Å². The van der Waals surface area contributed by atoms with Gasteiger partial charge in [-0.1, -0.05) is 36.5 Å². The number of hydrogen-bond donors (Lipinski definition) is 2. The van der Waals surface area contributed by atoms with Gasteiger partial charge in [0.05, 0.1) is 0 Å². The van der Waals surface area contributed by atoms with Crippen molar-refractivity contribution in [2.45, 2.75) is 13.3 Å². The Kier molecular flexibility index (Phi) is 4.93. The number of aliphatic hydroxyl groups is 1. The lowest BCUT2D eigenvalue weighted by Crippen LogP contribution is -2.25. The van der Waals surface area contributed by atoms with Gasteiger partial charge in [-0.25, -0.2) is 0 Å². The summed E-state index contributed by atoms with van der Waals surface area (Å²) < 4.78 is 0. The van der Waals surface area contributed by atoms with Crippen molar-refractivity contribution in [2.75, 3.05) is 24.6 Å². The first-order valence-corrected chi connectivity index (χ1v) is 7.27. The van der Waals surface area contributed by atoms with Gasteiger partial charge in [0.15, 0.2) is 0 Å². The molecule has 0 unspecified atom stereocenters. The first-order valence-electron chi connectivity index (χ1n) is 6.86. The molecule has 3 N–H and O–H groups in total. The highest BCUT2D eigenvalue weighted by atomic mass is 32.1. The molecule has 0 aromatic heterocycles. The fraction of sp³-hybridized carbons (Fsp3) is 0.312. The Hall–Kier alpha value is -1.65. The maximum atomic E-state index is 9.03. The van der Waals surface area contributed by atoms with Crippen LogP contribution in [0.15, 0.2) is 36.4 Å². The molecule has 20 heavy (non-hydrogen) atoms. The van der Waals surface area contributed by atoms with Gasteiger partial charge in [-0.2, -0.15) is 0 Å². The number of anilines is 1. The third-order valence-corrected chi connectivity index (χ3v) is 3.69. The van der Waals surface area contributed by atoms with Crippen molar-refractivity contribution in [2.24, 2.45) is 5.73 Å². The van der Waals surface area contributed by atoms with Gasteiger partial charge in [0.25, 0.3) is 0 Å². The Bertz CT molecular complexity index is 612.